The SMILES string of the molecule is C[C@@H](c1ccc(-n2cncn2)cc1)N(C)Cn1nc(Cc2ccccc2)oc1=S. The van der Waals surface area contributed by atoms with Crippen LogP contribution in [0.15, 0.2) is 71.7 Å². The minimum Gasteiger partial charge on any atom is -0.414 e. The molecule has 7 nitrogen and oxygen atoms in total. The molecule has 2 heterocycles. The molecule has 148 valence electrons. The van der Waals surface area contributed by atoms with Crippen LogP contribution in [0.4, 0.5) is 0 Å². The smallest absolute Gasteiger partial charge is 0.288 e. The zero-order valence-corrected chi connectivity index (χ0v) is 17.2. The minimum absolute atomic E-state index is 0.177. The van der Waals surface area contributed by atoms with Gasteiger partial charge in [0.25, 0.3) is 4.84 Å². The molecule has 2 aromatic heterocycles. The summed E-state index contributed by atoms with van der Waals surface area (Å²) in [5, 5.41) is 8.71. The molecule has 0 unspecified atom stereocenters. The van der Waals surface area contributed by atoms with Crippen LogP contribution in [-0.4, -0.2) is 36.5 Å². The highest BCUT2D eigenvalue weighted by Crippen LogP contribution is 2.21. The molecule has 0 aliphatic rings. The van der Waals surface area contributed by atoms with Crippen molar-refractivity contribution >= 4 is 12.2 Å². The van der Waals surface area contributed by atoms with Gasteiger partial charge in [0.15, 0.2) is 0 Å². The molecule has 0 aliphatic heterocycles. The van der Waals surface area contributed by atoms with Crippen molar-refractivity contribution in [2.75, 3.05) is 7.05 Å². The van der Waals surface area contributed by atoms with Crippen LogP contribution in [0.1, 0.15) is 30.0 Å². The summed E-state index contributed by atoms with van der Waals surface area (Å²) < 4.78 is 9.15. The van der Waals surface area contributed by atoms with Gasteiger partial charge in [0.1, 0.15) is 12.7 Å². The Labute approximate surface area is 174 Å². The van der Waals surface area contributed by atoms with Crippen molar-refractivity contribution in [1.29, 1.82) is 0 Å². The zero-order valence-electron chi connectivity index (χ0n) is 16.3. The fourth-order valence-electron chi connectivity index (χ4n) is 3.12. The number of hydrogen-bond donors (Lipinski definition) is 0. The minimum atomic E-state index is 0.177. The maximum Gasteiger partial charge on any atom is 0.288 e. The van der Waals surface area contributed by atoms with Gasteiger partial charge in [-0.1, -0.05) is 42.5 Å². The van der Waals surface area contributed by atoms with E-state index in [1.165, 1.54) is 11.9 Å². The Morgan fingerprint density at radius 2 is 1.86 bits per heavy atom. The summed E-state index contributed by atoms with van der Waals surface area (Å²) in [6.07, 6.45) is 3.84. The fraction of sp³-hybridized carbons (Fsp3) is 0.238. The van der Waals surface area contributed by atoms with E-state index >= 15 is 0 Å². The lowest BCUT2D eigenvalue weighted by atomic mass is 10.1. The summed E-state index contributed by atoms with van der Waals surface area (Å²) in [5.41, 5.74) is 3.31. The topological polar surface area (TPSA) is 64.9 Å². The Kier molecular flexibility index (Phi) is 5.64. The third-order valence-electron chi connectivity index (χ3n) is 4.92. The van der Waals surface area contributed by atoms with E-state index in [1.54, 1.807) is 15.7 Å². The normalized spacial score (nSPS) is 12.4. The Bertz CT molecular complexity index is 1100. The molecular weight excluding hydrogens is 384 g/mol. The van der Waals surface area contributed by atoms with Crippen molar-refractivity contribution in [1.82, 2.24) is 29.4 Å². The Balaban J connectivity index is 1.43. The molecule has 0 N–H and O–H groups in total. The van der Waals surface area contributed by atoms with E-state index < -0.39 is 0 Å². The predicted octanol–water partition coefficient (Wildman–Crippen LogP) is 4.03. The summed E-state index contributed by atoms with van der Waals surface area (Å²) in [7, 11) is 2.04. The lowest BCUT2D eigenvalue weighted by Gasteiger charge is -2.24. The van der Waals surface area contributed by atoms with Gasteiger partial charge in [-0.3, -0.25) is 4.90 Å². The number of benzene rings is 2. The van der Waals surface area contributed by atoms with Gasteiger partial charge in [-0.15, -0.1) is 5.10 Å². The quantitative estimate of drug-likeness (QED) is 0.432. The van der Waals surface area contributed by atoms with E-state index in [0.717, 1.165) is 11.3 Å². The van der Waals surface area contributed by atoms with Crippen molar-refractivity contribution in [2.45, 2.75) is 26.1 Å². The second-order valence-electron chi connectivity index (χ2n) is 6.93. The summed E-state index contributed by atoms with van der Waals surface area (Å²) in [5.74, 6) is 0.624. The van der Waals surface area contributed by atoms with Crippen molar-refractivity contribution in [3.05, 3.63) is 89.1 Å². The van der Waals surface area contributed by atoms with E-state index in [9.17, 15) is 0 Å². The zero-order chi connectivity index (χ0) is 20.2. The Morgan fingerprint density at radius 3 is 2.55 bits per heavy atom. The second kappa shape index (κ2) is 8.50. The van der Waals surface area contributed by atoms with E-state index in [2.05, 4.69) is 51.3 Å². The largest absolute Gasteiger partial charge is 0.414 e. The summed E-state index contributed by atoms with van der Waals surface area (Å²) >= 11 is 5.36. The molecule has 29 heavy (non-hydrogen) atoms. The van der Waals surface area contributed by atoms with Gasteiger partial charge < -0.3 is 4.42 Å². The lowest BCUT2D eigenvalue weighted by Crippen LogP contribution is -2.26. The molecule has 4 aromatic rings. The van der Waals surface area contributed by atoms with E-state index in [4.69, 9.17) is 16.6 Å². The first-order valence-electron chi connectivity index (χ1n) is 9.36. The van der Waals surface area contributed by atoms with Crippen molar-refractivity contribution in [3.63, 3.8) is 0 Å². The Morgan fingerprint density at radius 1 is 1.10 bits per heavy atom. The second-order valence-corrected chi connectivity index (χ2v) is 7.28. The number of hydrogen-bond acceptors (Lipinski definition) is 6. The van der Waals surface area contributed by atoms with Crippen LogP contribution in [0.25, 0.3) is 5.69 Å². The van der Waals surface area contributed by atoms with E-state index in [1.807, 2.05) is 37.4 Å². The first-order chi connectivity index (χ1) is 14.1. The maximum atomic E-state index is 5.69. The number of aromatic nitrogens is 5. The van der Waals surface area contributed by atoms with E-state index in [0.29, 0.717) is 23.8 Å². The van der Waals surface area contributed by atoms with Gasteiger partial charge in [0, 0.05) is 6.04 Å². The van der Waals surface area contributed by atoms with Crippen LogP contribution in [-0.2, 0) is 13.1 Å². The molecule has 0 saturated carbocycles. The standard InChI is InChI=1S/C21H22N6OS/c1-16(18-8-10-19(11-9-18)26-14-22-13-23-26)25(2)15-27-21(29)28-20(24-27)12-17-6-4-3-5-7-17/h3-11,13-14,16H,12,15H2,1-2H3/t16-/m0/s1. The van der Waals surface area contributed by atoms with Crippen molar-refractivity contribution < 1.29 is 4.42 Å². The van der Waals surface area contributed by atoms with Crippen LogP contribution in [0.5, 0.6) is 0 Å². The van der Waals surface area contributed by atoms with Crippen molar-refractivity contribution in [2.24, 2.45) is 0 Å². The molecule has 0 saturated heterocycles. The van der Waals surface area contributed by atoms with Gasteiger partial charge in [0.2, 0.25) is 5.89 Å². The maximum absolute atomic E-state index is 5.69. The van der Waals surface area contributed by atoms with Gasteiger partial charge in [-0.05, 0) is 49.4 Å². The molecular formula is C21H22N6OS. The summed E-state index contributed by atoms with van der Waals surface area (Å²) in [6, 6.07) is 18.5. The monoisotopic (exact) mass is 406 g/mol. The van der Waals surface area contributed by atoms with Gasteiger partial charge in [0.05, 0.1) is 18.8 Å². The highest BCUT2D eigenvalue weighted by molar-refractivity contribution is 7.71. The molecule has 2 aromatic carbocycles. The van der Waals surface area contributed by atoms with Crippen LogP contribution in [0, 0.1) is 4.84 Å². The fourth-order valence-corrected chi connectivity index (χ4v) is 3.31. The highest BCUT2D eigenvalue weighted by Gasteiger charge is 2.15. The summed E-state index contributed by atoms with van der Waals surface area (Å²) in [6.45, 7) is 2.70. The molecule has 4 rings (SSSR count). The number of nitrogens with zero attached hydrogens (tertiary/aromatic N) is 6. The molecule has 0 aliphatic carbocycles. The molecule has 0 bridgehead atoms. The molecule has 0 amide bonds. The van der Waals surface area contributed by atoms with Gasteiger partial charge in [-0.25, -0.2) is 14.3 Å². The molecule has 0 fully saturated rings. The highest BCUT2D eigenvalue weighted by atomic mass is 32.1. The number of rotatable bonds is 7. The van der Waals surface area contributed by atoms with Gasteiger partial charge in [-0.2, -0.15) is 5.10 Å². The van der Waals surface area contributed by atoms with Crippen molar-refractivity contribution in [3.8, 4) is 5.69 Å². The average molecular weight is 407 g/mol. The van der Waals surface area contributed by atoms with Crippen LogP contribution < -0.4 is 0 Å². The van der Waals surface area contributed by atoms with Crippen LogP contribution in [0.2, 0.25) is 0 Å². The molecule has 0 radical (unpaired) electrons. The third-order valence-corrected chi connectivity index (χ3v) is 5.22. The Hall–Kier alpha value is -3.10. The third kappa shape index (κ3) is 4.49. The first kappa shape index (κ1) is 19.2. The van der Waals surface area contributed by atoms with E-state index in [-0.39, 0.29) is 6.04 Å². The first-order valence-corrected chi connectivity index (χ1v) is 9.77. The van der Waals surface area contributed by atoms with Gasteiger partial charge >= 0.3 is 0 Å². The molecule has 1 atom stereocenters. The molecule has 8 heteroatoms. The lowest BCUT2D eigenvalue weighted by molar-refractivity contribution is 0.192. The molecule has 0 spiro atoms. The summed E-state index contributed by atoms with van der Waals surface area (Å²) in [4.78, 5) is 6.54. The predicted molar refractivity (Wildman–Crippen MR) is 112 cm³/mol. The van der Waals surface area contributed by atoms with Crippen LogP contribution >= 0.6 is 12.2 Å². The van der Waals surface area contributed by atoms with Crippen LogP contribution in [0.3, 0.4) is 0 Å². The average Bonchev–Trinajstić information content (AvgIpc) is 3.39.